The molecule has 0 aromatic carbocycles. The van der Waals surface area contributed by atoms with Crippen molar-refractivity contribution >= 4 is 0 Å². The van der Waals surface area contributed by atoms with Gasteiger partial charge in [-0.3, -0.25) is 4.90 Å². The van der Waals surface area contributed by atoms with Gasteiger partial charge in [0.15, 0.2) is 0 Å². The molecule has 1 fully saturated rings. The van der Waals surface area contributed by atoms with Crippen molar-refractivity contribution in [2.45, 2.75) is 59.0 Å². The average molecular weight is 242 g/mol. The Morgan fingerprint density at radius 1 is 1.41 bits per heavy atom. The van der Waals surface area contributed by atoms with E-state index in [1.807, 2.05) is 0 Å². The maximum absolute atomic E-state index is 9.61. The summed E-state index contributed by atoms with van der Waals surface area (Å²) in [4.78, 5) is 2.40. The van der Waals surface area contributed by atoms with Gasteiger partial charge in [-0.05, 0) is 30.7 Å². The largest absolute Gasteiger partial charge is 0.395 e. The van der Waals surface area contributed by atoms with Crippen molar-refractivity contribution in [1.82, 2.24) is 4.90 Å². The fraction of sp³-hybridized carbons (Fsp3) is 1.00. The molecule has 0 aromatic rings. The summed E-state index contributed by atoms with van der Waals surface area (Å²) in [5.74, 6) is 0.807. The summed E-state index contributed by atoms with van der Waals surface area (Å²) in [6.45, 7) is 11.1. The van der Waals surface area contributed by atoms with E-state index >= 15 is 0 Å². The van der Waals surface area contributed by atoms with E-state index in [0.717, 1.165) is 19.0 Å². The zero-order chi connectivity index (χ0) is 13.1. The standard InChI is InChI=1S/C14H30N2O/c1-5-6-11-7-8-16(9-11)12(10-17)13(15)14(2,3)4/h11-13,17H,5-10,15H2,1-4H3. The van der Waals surface area contributed by atoms with Gasteiger partial charge in [0.2, 0.25) is 0 Å². The maximum Gasteiger partial charge on any atom is 0.0602 e. The monoisotopic (exact) mass is 242 g/mol. The van der Waals surface area contributed by atoms with Crippen LogP contribution in [-0.2, 0) is 0 Å². The number of nitrogens with zero attached hydrogens (tertiary/aromatic N) is 1. The maximum atomic E-state index is 9.61. The highest BCUT2D eigenvalue weighted by Crippen LogP contribution is 2.28. The fourth-order valence-corrected chi connectivity index (χ4v) is 2.84. The molecule has 0 radical (unpaired) electrons. The Labute approximate surface area is 106 Å². The van der Waals surface area contributed by atoms with Crippen LogP contribution in [0.2, 0.25) is 0 Å². The minimum Gasteiger partial charge on any atom is -0.395 e. The van der Waals surface area contributed by atoms with Crippen LogP contribution in [0.15, 0.2) is 0 Å². The van der Waals surface area contributed by atoms with E-state index in [-0.39, 0.29) is 24.1 Å². The van der Waals surface area contributed by atoms with Crippen molar-refractivity contribution in [1.29, 1.82) is 0 Å². The summed E-state index contributed by atoms with van der Waals surface area (Å²) in [5.41, 5.74) is 6.35. The number of aliphatic hydroxyl groups excluding tert-OH is 1. The molecule has 1 aliphatic heterocycles. The SMILES string of the molecule is CCCC1CCN(C(CO)C(N)C(C)(C)C)C1. The third-order valence-electron chi connectivity index (χ3n) is 4.08. The number of rotatable bonds is 5. The first kappa shape index (κ1) is 14.9. The Hall–Kier alpha value is -0.120. The minimum atomic E-state index is 0.0351. The van der Waals surface area contributed by atoms with Gasteiger partial charge >= 0.3 is 0 Å². The van der Waals surface area contributed by atoms with Gasteiger partial charge in [-0.2, -0.15) is 0 Å². The van der Waals surface area contributed by atoms with Gasteiger partial charge in [-0.25, -0.2) is 0 Å². The first-order chi connectivity index (χ1) is 7.90. The van der Waals surface area contributed by atoms with Gasteiger partial charge in [-0.1, -0.05) is 34.1 Å². The van der Waals surface area contributed by atoms with Gasteiger partial charge in [0, 0.05) is 18.6 Å². The molecule has 1 saturated heterocycles. The van der Waals surface area contributed by atoms with Gasteiger partial charge < -0.3 is 10.8 Å². The average Bonchev–Trinajstić information content (AvgIpc) is 2.67. The van der Waals surface area contributed by atoms with Crippen LogP contribution in [0.3, 0.4) is 0 Å². The summed E-state index contributed by atoms with van der Waals surface area (Å²) in [5, 5.41) is 9.61. The van der Waals surface area contributed by atoms with Crippen LogP contribution in [0.4, 0.5) is 0 Å². The molecule has 3 N–H and O–H groups in total. The highest BCUT2D eigenvalue weighted by molar-refractivity contribution is 4.92. The van der Waals surface area contributed by atoms with E-state index in [1.54, 1.807) is 0 Å². The van der Waals surface area contributed by atoms with Crippen molar-refractivity contribution < 1.29 is 5.11 Å². The predicted molar refractivity (Wildman–Crippen MR) is 72.9 cm³/mol. The second-order valence-electron chi connectivity index (χ2n) is 6.58. The van der Waals surface area contributed by atoms with Gasteiger partial charge in [0.25, 0.3) is 0 Å². The zero-order valence-electron chi connectivity index (χ0n) is 11.9. The quantitative estimate of drug-likeness (QED) is 0.773. The molecule has 0 aromatic heterocycles. The summed E-state index contributed by atoms with van der Waals surface area (Å²) in [6.07, 6.45) is 3.83. The molecule has 0 aliphatic carbocycles. The molecule has 1 rings (SSSR count). The molecule has 3 unspecified atom stereocenters. The first-order valence-electron chi connectivity index (χ1n) is 7.00. The number of likely N-dealkylation sites (tertiary alicyclic amines) is 1. The van der Waals surface area contributed by atoms with Gasteiger partial charge in [0.1, 0.15) is 0 Å². The lowest BCUT2D eigenvalue weighted by atomic mass is 9.82. The Kier molecular flexibility index (Phi) is 5.42. The topological polar surface area (TPSA) is 49.5 Å². The molecule has 3 atom stereocenters. The highest BCUT2D eigenvalue weighted by atomic mass is 16.3. The molecule has 0 bridgehead atoms. The summed E-state index contributed by atoms with van der Waals surface area (Å²) in [7, 11) is 0. The fourth-order valence-electron chi connectivity index (χ4n) is 2.84. The summed E-state index contributed by atoms with van der Waals surface area (Å²) >= 11 is 0. The third kappa shape index (κ3) is 3.94. The highest BCUT2D eigenvalue weighted by Gasteiger charge is 2.35. The molecule has 102 valence electrons. The van der Waals surface area contributed by atoms with Crippen LogP contribution < -0.4 is 5.73 Å². The molecular weight excluding hydrogens is 212 g/mol. The second kappa shape index (κ2) is 6.17. The molecule has 0 spiro atoms. The molecule has 3 nitrogen and oxygen atoms in total. The van der Waals surface area contributed by atoms with E-state index in [9.17, 15) is 5.11 Å². The van der Waals surface area contributed by atoms with Gasteiger partial charge in [0.05, 0.1) is 6.61 Å². The Bertz CT molecular complexity index is 225. The normalized spacial score (nSPS) is 26.1. The predicted octanol–water partition coefficient (Wildman–Crippen LogP) is 1.84. The van der Waals surface area contributed by atoms with Crippen LogP contribution in [-0.4, -0.2) is 41.8 Å². The van der Waals surface area contributed by atoms with Crippen LogP contribution >= 0.6 is 0 Å². The molecule has 1 aliphatic rings. The Morgan fingerprint density at radius 2 is 2.06 bits per heavy atom. The van der Waals surface area contributed by atoms with Crippen molar-refractivity contribution in [3.05, 3.63) is 0 Å². The van der Waals surface area contributed by atoms with E-state index < -0.39 is 0 Å². The number of hydrogen-bond donors (Lipinski definition) is 2. The lowest BCUT2D eigenvalue weighted by molar-refractivity contribution is 0.0847. The number of nitrogens with two attached hydrogens (primary N) is 1. The van der Waals surface area contributed by atoms with Crippen LogP contribution in [0.25, 0.3) is 0 Å². The second-order valence-corrected chi connectivity index (χ2v) is 6.58. The summed E-state index contributed by atoms with van der Waals surface area (Å²) < 4.78 is 0. The lowest BCUT2D eigenvalue weighted by Crippen LogP contribution is -2.54. The van der Waals surface area contributed by atoms with Crippen molar-refractivity contribution in [3.63, 3.8) is 0 Å². The number of hydrogen-bond acceptors (Lipinski definition) is 3. The lowest BCUT2D eigenvalue weighted by Gasteiger charge is -2.38. The smallest absolute Gasteiger partial charge is 0.0602 e. The zero-order valence-corrected chi connectivity index (χ0v) is 11.9. The first-order valence-corrected chi connectivity index (χ1v) is 7.00. The van der Waals surface area contributed by atoms with Gasteiger partial charge in [-0.15, -0.1) is 0 Å². The van der Waals surface area contributed by atoms with E-state index in [4.69, 9.17) is 5.73 Å². The summed E-state index contributed by atoms with van der Waals surface area (Å²) in [6, 6.07) is 0.157. The molecular formula is C14H30N2O. The molecule has 3 heteroatoms. The Morgan fingerprint density at radius 3 is 2.53 bits per heavy atom. The minimum absolute atomic E-state index is 0.0351. The van der Waals surface area contributed by atoms with Crippen LogP contribution in [0.5, 0.6) is 0 Å². The molecule has 0 amide bonds. The molecule has 1 heterocycles. The van der Waals surface area contributed by atoms with Crippen molar-refractivity contribution in [2.75, 3.05) is 19.7 Å². The van der Waals surface area contributed by atoms with Crippen molar-refractivity contribution in [3.8, 4) is 0 Å². The van der Waals surface area contributed by atoms with E-state index in [2.05, 4.69) is 32.6 Å². The third-order valence-corrected chi connectivity index (χ3v) is 4.08. The van der Waals surface area contributed by atoms with Crippen molar-refractivity contribution in [2.24, 2.45) is 17.1 Å². The molecule has 17 heavy (non-hydrogen) atoms. The Balaban J connectivity index is 2.58. The van der Waals surface area contributed by atoms with Crippen LogP contribution in [0, 0.1) is 11.3 Å². The number of aliphatic hydroxyl groups is 1. The van der Waals surface area contributed by atoms with E-state index in [1.165, 1.54) is 19.3 Å². The molecule has 0 saturated carbocycles. The van der Waals surface area contributed by atoms with E-state index in [0.29, 0.717) is 0 Å². The van der Waals surface area contributed by atoms with Crippen LogP contribution in [0.1, 0.15) is 47.0 Å².